The Morgan fingerprint density at radius 3 is 2.40 bits per heavy atom. The maximum atomic E-state index is 5.49. The molecule has 0 N–H and O–H groups in total. The van der Waals surface area contributed by atoms with Crippen molar-refractivity contribution in [2.75, 3.05) is 13.2 Å². The minimum absolute atomic E-state index is 0.884. The fourth-order valence-corrected chi connectivity index (χ4v) is 2.43. The molecule has 0 bridgehead atoms. The van der Waals surface area contributed by atoms with Crippen LogP contribution in [-0.4, -0.2) is 13.2 Å². The van der Waals surface area contributed by atoms with E-state index in [1.165, 1.54) is 64.2 Å². The molecule has 0 amide bonds. The lowest BCUT2D eigenvalue weighted by atomic mass is 9.95. The van der Waals surface area contributed by atoms with Crippen LogP contribution in [0.4, 0.5) is 0 Å². The molecule has 1 heterocycles. The van der Waals surface area contributed by atoms with Gasteiger partial charge in [0.05, 0.1) is 0 Å². The molecular formula is C14H28O. The van der Waals surface area contributed by atoms with Crippen LogP contribution in [0.3, 0.4) is 0 Å². The minimum atomic E-state index is 0.884. The van der Waals surface area contributed by atoms with Gasteiger partial charge < -0.3 is 4.74 Å². The number of hydrogen-bond acceptors (Lipinski definition) is 1. The zero-order chi connectivity index (χ0) is 10.8. The predicted molar refractivity (Wildman–Crippen MR) is 66.2 cm³/mol. The minimum Gasteiger partial charge on any atom is -0.381 e. The molecule has 1 aliphatic heterocycles. The van der Waals surface area contributed by atoms with Crippen molar-refractivity contribution in [2.45, 2.75) is 71.1 Å². The highest BCUT2D eigenvalue weighted by Gasteiger charge is 2.12. The Morgan fingerprint density at radius 1 is 1.00 bits per heavy atom. The van der Waals surface area contributed by atoms with Gasteiger partial charge in [-0.25, -0.2) is 0 Å². The quantitative estimate of drug-likeness (QED) is 0.536. The molecule has 0 spiro atoms. The van der Waals surface area contributed by atoms with E-state index in [1.54, 1.807) is 0 Å². The molecule has 1 saturated heterocycles. The van der Waals surface area contributed by atoms with E-state index in [0.29, 0.717) is 0 Å². The van der Waals surface area contributed by atoms with E-state index in [0.717, 1.165) is 19.1 Å². The van der Waals surface area contributed by atoms with Gasteiger partial charge in [0.1, 0.15) is 0 Å². The van der Waals surface area contributed by atoms with Gasteiger partial charge in [-0.05, 0) is 25.2 Å². The van der Waals surface area contributed by atoms with Crippen molar-refractivity contribution < 1.29 is 4.74 Å². The van der Waals surface area contributed by atoms with Crippen molar-refractivity contribution in [3.8, 4) is 0 Å². The Hall–Kier alpha value is -0.0400. The molecule has 1 nitrogen and oxygen atoms in total. The second kappa shape index (κ2) is 9.21. The molecule has 1 atom stereocenters. The highest BCUT2D eigenvalue weighted by atomic mass is 16.5. The van der Waals surface area contributed by atoms with E-state index >= 15 is 0 Å². The number of hydrogen-bond donors (Lipinski definition) is 0. The third-order valence-corrected chi connectivity index (χ3v) is 3.47. The largest absolute Gasteiger partial charge is 0.381 e. The molecule has 0 aliphatic carbocycles. The Labute approximate surface area is 95.6 Å². The first-order valence-corrected chi connectivity index (χ1v) is 7.01. The summed E-state index contributed by atoms with van der Waals surface area (Å²) in [6, 6.07) is 0. The summed E-state index contributed by atoms with van der Waals surface area (Å²) >= 11 is 0. The van der Waals surface area contributed by atoms with E-state index in [2.05, 4.69) is 6.92 Å². The van der Waals surface area contributed by atoms with Gasteiger partial charge in [0.2, 0.25) is 0 Å². The van der Waals surface area contributed by atoms with Gasteiger partial charge in [0.15, 0.2) is 0 Å². The number of ether oxygens (including phenoxy) is 1. The molecular weight excluding hydrogens is 184 g/mol. The van der Waals surface area contributed by atoms with Crippen molar-refractivity contribution in [1.82, 2.24) is 0 Å². The van der Waals surface area contributed by atoms with Crippen LogP contribution < -0.4 is 0 Å². The van der Waals surface area contributed by atoms with Crippen LogP contribution in [0.25, 0.3) is 0 Å². The Balaban J connectivity index is 1.79. The first kappa shape index (κ1) is 13.0. The van der Waals surface area contributed by atoms with E-state index in [9.17, 15) is 0 Å². The van der Waals surface area contributed by atoms with Crippen LogP contribution in [0.15, 0.2) is 0 Å². The highest BCUT2D eigenvalue weighted by Crippen LogP contribution is 2.20. The van der Waals surface area contributed by atoms with Crippen molar-refractivity contribution in [3.05, 3.63) is 0 Å². The van der Waals surface area contributed by atoms with E-state index < -0.39 is 0 Å². The van der Waals surface area contributed by atoms with Crippen molar-refractivity contribution in [3.63, 3.8) is 0 Å². The smallest absolute Gasteiger partial charge is 0.0494 e. The van der Waals surface area contributed by atoms with Gasteiger partial charge in [-0.1, -0.05) is 51.9 Å². The summed E-state index contributed by atoms with van der Waals surface area (Å²) in [6.45, 7) is 4.33. The lowest BCUT2D eigenvalue weighted by molar-refractivity contribution is 0.0507. The molecule has 1 heteroatoms. The summed E-state index contributed by atoms with van der Waals surface area (Å²) in [5.74, 6) is 0.884. The Kier molecular flexibility index (Phi) is 7.99. The lowest BCUT2D eigenvalue weighted by Crippen LogP contribution is -2.16. The second-order valence-electron chi connectivity index (χ2n) is 4.99. The fraction of sp³-hybridized carbons (Fsp3) is 1.00. The van der Waals surface area contributed by atoms with Gasteiger partial charge in [-0.3, -0.25) is 0 Å². The number of unbranched alkanes of at least 4 members (excludes halogenated alkanes) is 6. The maximum Gasteiger partial charge on any atom is 0.0494 e. The number of rotatable bonds is 8. The summed E-state index contributed by atoms with van der Waals surface area (Å²) in [6.07, 6.45) is 14.1. The van der Waals surface area contributed by atoms with Crippen molar-refractivity contribution >= 4 is 0 Å². The van der Waals surface area contributed by atoms with Crippen LogP contribution >= 0.6 is 0 Å². The summed E-state index contributed by atoms with van der Waals surface area (Å²) < 4.78 is 5.49. The third kappa shape index (κ3) is 6.94. The van der Waals surface area contributed by atoms with Gasteiger partial charge in [0.25, 0.3) is 0 Å². The molecule has 0 saturated carbocycles. The van der Waals surface area contributed by atoms with Crippen LogP contribution in [-0.2, 0) is 4.74 Å². The highest BCUT2D eigenvalue weighted by molar-refractivity contribution is 4.63. The summed E-state index contributed by atoms with van der Waals surface area (Å²) in [5, 5.41) is 0. The van der Waals surface area contributed by atoms with E-state index in [1.807, 2.05) is 0 Å². The van der Waals surface area contributed by atoms with Crippen LogP contribution in [0.5, 0.6) is 0 Å². The lowest BCUT2D eigenvalue weighted by Gasteiger charge is -2.21. The van der Waals surface area contributed by atoms with E-state index in [4.69, 9.17) is 4.74 Å². The Morgan fingerprint density at radius 2 is 1.73 bits per heavy atom. The molecule has 0 aromatic rings. The van der Waals surface area contributed by atoms with E-state index in [-0.39, 0.29) is 0 Å². The SMILES string of the molecule is CCCCCCCCCC1CCCOC1. The standard InChI is InChI=1S/C14H28O/c1-2-3-4-5-6-7-8-10-14-11-9-12-15-13-14/h14H,2-13H2,1H3. The summed E-state index contributed by atoms with van der Waals surface area (Å²) in [7, 11) is 0. The molecule has 1 rings (SSSR count). The average Bonchev–Trinajstić information content (AvgIpc) is 2.29. The van der Waals surface area contributed by atoms with Gasteiger partial charge in [-0.2, -0.15) is 0 Å². The summed E-state index contributed by atoms with van der Waals surface area (Å²) in [5.41, 5.74) is 0. The van der Waals surface area contributed by atoms with Crippen LogP contribution in [0, 0.1) is 5.92 Å². The average molecular weight is 212 g/mol. The van der Waals surface area contributed by atoms with Crippen molar-refractivity contribution in [1.29, 1.82) is 0 Å². The topological polar surface area (TPSA) is 9.23 Å². The molecule has 0 aromatic carbocycles. The molecule has 1 unspecified atom stereocenters. The van der Waals surface area contributed by atoms with Crippen LogP contribution in [0.1, 0.15) is 71.1 Å². The van der Waals surface area contributed by atoms with Gasteiger partial charge in [0, 0.05) is 13.2 Å². The van der Waals surface area contributed by atoms with Crippen molar-refractivity contribution in [2.24, 2.45) is 5.92 Å². The molecule has 90 valence electrons. The van der Waals surface area contributed by atoms with Gasteiger partial charge >= 0.3 is 0 Å². The normalized spacial score (nSPS) is 21.8. The summed E-state index contributed by atoms with van der Waals surface area (Å²) in [4.78, 5) is 0. The van der Waals surface area contributed by atoms with Gasteiger partial charge in [-0.15, -0.1) is 0 Å². The molecule has 0 aromatic heterocycles. The zero-order valence-electron chi connectivity index (χ0n) is 10.5. The Bertz CT molecular complexity index is 127. The molecule has 0 radical (unpaired) electrons. The third-order valence-electron chi connectivity index (χ3n) is 3.47. The monoisotopic (exact) mass is 212 g/mol. The first-order chi connectivity index (χ1) is 7.43. The second-order valence-corrected chi connectivity index (χ2v) is 4.99. The maximum absolute atomic E-state index is 5.49. The zero-order valence-corrected chi connectivity index (χ0v) is 10.5. The molecule has 1 aliphatic rings. The molecule has 1 fully saturated rings. The fourth-order valence-electron chi connectivity index (χ4n) is 2.43. The molecule has 15 heavy (non-hydrogen) atoms. The van der Waals surface area contributed by atoms with Crippen LogP contribution in [0.2, 0.25) is 0 Å². The first-order valence-electron chi connectivity index (χ1n) is 7.01. The predicted octanol–water partition coefficient (Wildman–Crippen LogP) is 4.55.